The van der Waals surface area contributed by atoms with Crippen LogP contribution >= 0.6 is 0 Å². The van der Waals surface area contributed by atoms with Crippen LogP contribution in [0.4, 0.5) is 5.69 Å². The fourth-order valence-corrected chi connectivity index (χ4v) is 4.81. The molecule has 1 N–H and O–H groups in total. The van der Waals surface area contributed by atoms with Crippen molar-refractivity contribution in [1.29, 1.82) is 0 Å². The van der Waals surface area contributed by atoms with Gasteiger partial charge in [0.15, 0.2) is 0 Å². The van der Waals surface area contributed by atoms with Gasteiger partial charge in [0.25, 0.3) is 5.91 Å². The van der Waals surface area contributed by atoms with Gasteiger partial charge in [0.2, 0.25) is 10.0 Å². The number of benzene rings is 2. The van der Waals surface area contributed by atoms with Gasteiger partial charge >= 0.3 is 0 Å². The van der Waals surface area contributed by atoms with Gasteiger partial charge in [-0.2, -0.15) is 5.10 Å². The Bertz CT molecular complexity index is 1370. The first-order chi connectivity index (χ1) is 15.9. The second kappa shape index (κ2) is 9.85. The second-order valence-electron chi connectivity index (χ2n) is 8.78. The van der Waals surface area contributed by atoms with Crippen LogP contribution in [0.2, 0.25) is 0 Å². The smallest absolute Gasteiger partial charge is 0.260 e. The topological polar surface area (TPSA) is 83.8 Å². The van der Waals surface area contributed by atoms with E-state index in [1.54, 1.807) is 18.3 Å². The van der Waals surface area contributed by atoms with E-state index in [4.69, 9.17) is 0 Å². The van der Waals surface area contributed by atoms with Crippen molar-refractivity contribution in [3.8, 4) is 5.69 Å². The second-order valence-corrected chi connectivity index (χ2v) is 10.7. The van der Waals surface area contributed by atoms with Gasteiger partial charge in [-0.1, -0.05) is 23.8 Å². The van der Waals surface area contributed by atoms with Gasteiger partial charge in [-0.15, -0.1) is 0 Å². The van der Waals surface area contributed by atoms with Gasteiger partial charge in [-0.3, -0.25) is 9.10 Å². The maximum atomic E-state index is 12.5. The van der Waals surface area contributed by atoms with Crippen molar-refractivity contribution in [3.63, 3.8) is 0 Å². The first kappa shape index (κ1) is 25.2. The molecule has 1 heterocycles. The number of amides is 1. The third-order valence-corrected chi connectivity index (χ3v) is 7.06. The Kier molecular flexibility index (Phi) is 7.31. The van der Waals surface area contributed by atoms with Crippen molar-refractivity contribution in [3.05, 3.63) is 81.7 Å². The van der Waals surface area contributed by atoms with Crippen molar-refractivity contribution in [1.82, 2.24) is 9.99 Å². The fraction of sp³-hybridized carbons (Fsp3) is 0.308. The van der Waals surface area contributed by atoms with E-state index in [-0.39, 0.29) is 6.54 Å². The molecule has 180 valence electrons. The number of hydrogen-bond donors (Lipinski definition) is 1. The average molecular weight is 481 g/mol. The molecule has 2 aromatic carbocycles. The van der Waals surface area contributed by atoms with Crippen LogP contribution in [0.15, 0.2) is 47.6 Å². The van der Waals surface area contributed by atoms with Crippen molar-refractivity contribution in [2.45, 2.75) is 41.5 Å². The minimum atomic E-state index is -3.65. The molecule has 0 atom stereocenters. The molecule has 0 aliphatic carbocycles. The van der Waals surface area contributed by atoms with Gasteiger partial charge in [0, 0.05) is 22.6 Å². The van der Waals surface area contributed by atoms with E-state index in [0.29, 0.717) is 5.69 Å². The summed E-state index contributed by atoms with van der Waals surface area (Å²) in [6, 6.07) is 13.6. The number of nitrogens with zero attached hydrogens (tertiary/aromatic N) is 3. The van der Waals surface area contributed by atoms with E-state index in [1.165, 1.54) is 11.1 Å². The highest BCUT2D eigenvalue weighted by Gasteiger charge is 2.21. The lowest BCUT2D eigenvalue weighted by molar-refractivity contribution is -0.119. The van der Waals surface area contributed by atoms with Crippen molar-refractivity contribution in [2.24, 2.45) is 5.10 Å². The van der Waals surface area contributed by atoms with Crippen molar-refractivity contribution < 1.29 is 13.2 Å². The zero-order valence-corrected chi connectivity index (χ0v) is 21.6. The summed E-state index contributed by atoms with van der Waals surface area (Å²) in [6.07, 6.45) is 2.67. The molecule has 0 bridgehead atoms. The summed E-state index contributed by atoms with van der Waals surface area (Å²) in [5.41, 5.74) is 11.3. The molecule has 34 heavy (non-hydrogen) atoms. The van der Waals surface area contributed by atoms with Crippen LogP contribution in [0.5, 0.6) is 0 Å². The maximum absolute atomic E-state index is 12.5. The number of nitrogens with one attached hydrogen (secondary N) is 1. The van der Waals surface area contributed by atoms with Crippen LogP contribution in [0, 0.1) is 41.5 Å². The Morgan fingerprint density at radius 2 is 1.68 bits per heavy atom. The molecule has 3 aromatic rings. The highest BCUT2D eigenvalue weighted by molar-refractivity contribution is 7.92. The molecule has 0 saturated heterocycles. The third-order valence-electron chi connectivity index (χ3n) is 5.92. The number of anilines is 1. The molecule has 1 aromatic heterocycles. The largest absolute Gasteiger partial charge is 0.318 e. The molecule has 0 spiro atoms. The summed E-state index contributed by atoms with van der Waals surface area (Å²) in [5, 5.41) is 4.09. The Morgan fingerprint density at radius 1 is 0.971 bits per heavy atom. The summed E-state index contributed by atoms with van der Waals surface area (Å²) in [4.78, 5) is 12.5. The molecular formula is C26H32N4O3S. The Balaban J connectivity index is 1.77. The Labute approximate surface area is 202 Å². The van der Waals surface area contributed by atoms with Crippen LogP contribution in [0.1, 0.15) is 39.2 Å². The van der Waals surface area contributed by atoms with Crippen LogP contribution in [0.25, 0.3) is 5.69 Å². The molecule has 0 saturated carbocycles. The van der Waals surface area contributed by atoms with Crippen molar-refractivity contribution in [2.75, 3.05) is 17.1 Å². The van der Waals surface area contributed by atoms with Gasteiger partial charge in [-0.05, 0) is 82.5 Å². The lowest BCUT2D eigenvalue weighted by Crippen LogP contribution is -2.39. The van der Waals surface area contributed by atoms with E-state index < -0.39 is 15.9 Å². The SMILES string of the molecule is Cc1ccc(-n2c(C)cc(/C=N\NC(=O)CN(c3ccc(C)c(C)c3)S(C)(=O)=O)c2C)c(C)c1. The normalized spacial score (nSPS) is 11.7. The number of sulfonamides is 1. The molecule has 0 aliphatic rings. The highest BCUT2D eigenvalue weighted by atomic mass is 32.2. The molecule has 0 fully saturated rings. The van der Waals surface area contributed by atoms with E-state index in [0.717, 1.165) is 44.3 Å². The van der Waals surface area contributed by atoms with E-state index in [2.05, 4.69) is 47.1 Å². The Morgan fingerprint density at radius 3 is 2.29 bits per heavy atom. The molecule has 1 amide bonds. The van der Waals surface area contributed by atoms with Gasteiger partial charge < -0.3 is 4.57 Å². The molecular weight excluding hydrogens is 448 g/mol. The number of aryl methyl sites for hydroxylation is 5. The molecule has 8 heteroatoms. The predicted octanol–water partition coefficient (Wildman–Crippen LogP) is 4.24. The molecule has 3 rings (SSSR count). The molecule has 7 nitrogen and oxygen atoms in total. The van der Waals surface area contributed by atoms with Crippen LogP contribution in [0.3, 0.4) is 0 Å². The average Bonchev–Trinajstić information content (AvgIpc) is 3.01. The number of carbonyl (C=O) groups is 1. The monoisotopic (exact) mass is 480 g/mol. The van der Waals surface area contributed by atoms with Crippen LogP contribution in [-0.2, 0) is 14.8 Å². The van der Waals surface area contributed by atoms with Gasteiger partial charge in [-0.25, -0.2) is 13.8 Å². The summed E-state index contributed by atoms with van der Waals surface area (Å²) in [5.74, 6) is -0.525. The number of hydrogen-bond acceptors (Lipinski definition) is 4. The predicted molar refractivity (Wildman–Crippen MR) is 139 cm³/mol. The van der Waals surface area contributed by atoms with Gasteiger partial charge in [0.05, 0.1) is 18.2 Å². The summed E-state index contributed by atoms with van der Waals surface area (Å²) >= 11 is 0. The zero-order valence-electron chi connectivity index (χ0n) is 20.8. The molecule has 0 unspecified atom stereocenters. The molecule has 0 radical (unpaired) electrons. The third kappa shape index (κ3) is 5.56. The number of aromatic nitrogens is 1. The summed E-state index contributed by atoms with van der Waals surface area (Å²) in [7, 11) is -3.65. The number of carbonyl (C=O) groups excluding carboxylic acids is 1. The highest BCUT2D eigenvalue weighted by Crippen LogP contribution is 2.23. The van der Waals surface area contributed by atoms with Crippen LogP contribution < -0.4 is 9.73 Å². The Hall–Kier alpha value is -3.39. The fourth-order valence-electron chi connectivity index (χ4n) is 3.97. The minimum absolute atomic E-state index is 0.361. The first-order valence-corrected chi connectivity index (χ1v) is 12.9. The quantitative estimate of drug-likeness (QED) is 0.405. The lowest BCUT2D eigenvalue weighted by Gasteiger charge is -2.22. The lowest BCUT2D eigenvalue weighted by atomic mass is 10.1. The summed E-state index contributed by atoms with van der Waals surface area (Å²) < 4.78 is 27.9. The van der Waals surface area contributed by atoms with E-state index >= 15 is 0 Å². The van der Waals surface area contributed by atoms with E-state index in [9.17, 15) is 13.2 Å². The molecule has 0 aliphatic heterocycles. The van der Waals surface area contributed by atoms with Crippen LogP contribution in [-0.4, -0.2) is 37.9 Å². The zero-order chi connectivity index (χ0) is 25.2. The van der Waals surface area contributed by atoms with E-state index in [1.807, 2.05) is 39.8 Å². The number of rotatable bonds is 7. The number of hydrazone groups is 1. The summed E-state index contributed by atoms with van der Waals surface area (Å²) in [6.45, 7) is 11.7. The first-order valence-electron chi connectivity index (χ1n) is 11.0. The maximum Gasteiger partial charge on any atom is 0.260 e. The minimum Gasteiger partial charge on any atom is -0.318 e. The van der Waals surface area contributed by atoms with Gasteiger partial charge in [0.1, 0.15) is 6.54 Å². The van der Waals surface area contributed by atoms with Crippen molar-refractivity contribution >= 4 is 27.8 Å². The standard InChI is InChI=1S/C26H32N4O3S/c1-17-8-11-25(20(4)12-17)30-21(5)14-23(22(30)6)15-27-28-26(31)16-29(34(7,32)33)24-10-9-18(2)19(3)13-24/h8-15H,16H2,1-7H3,(H,28,31)/b27-15-.